The summed E-state index contributed by atoms with van der Waals surface area (Å²) in [6.45, 7) is 0.584. The highest BCUT2D eigenvalue weighted by Gasteiger charge is 2.14. The van der Waals surface area contributed by atoms with Gasteiger partial charge >= 0.3 is 0 Å². The zero-order chi connectivity index (χ0) is 17.9. The zero-order valence-corrected chi connectivity index (χ0v) is 14.7. The van der Waals surface area contributed by atoms with E-state index in [1.807, 2.05) is 49.9 Å². The topological polar surface area (TPSA) is 88.9 Å². The molecule has 0 saturated heterocycles. The third-order valence-corrected chi connectivity index (χ3v) is 3.56. The summed E-state index contributed by atoms with van der Waals surface area (Å²) in [4.78, 5) is 18.9. The number of para-hydroxylation sites is 1. The summed E-state index contributed by atoms with van der Waals surface area (Å²) >= 11 is 0. The third kappa shape index (κ3) is 3.95. The summed E-state index contributed by atoms with van der Waals surface area (Å²) in [5.41, 5.74) is 0.677. The summed E-state index contributed by atoms with van der Waals surface area (Å²) in [6, 6.07) is 4.95. The molecule has 0 atom stereocenters. The molecular formula is C16H24N6O2. The lowest BCUT2D eigenvalue weighted by Gasteiger charge is -2.21. The SMILES string of the molecule is CN(C)c1nc(N(C)C)nc(N(C)CCc2cccc(O)c2O)n1. The van der Waals surface area contributed by atoms with Gasteiger partial charge in [0.25, 0.3) is 0 Å². The molecule has 2 N–H and O–H groups in total. The van der Waals surface area contributed by atoms with Crippen LogP contribution in [0.1, 0.15) is 5.56 Å². The van der Waals surface area contributed by atoms with E-state index in [4.69, 9.17) is 0 Å². The van der Waals surface area contributed by atoms with Gasteiger partial charge in [0.1, 0.15) is 0 Å². The van der Waals surface area contributed by atoms with E-state index in [1.165, 1.54) is 6.07 Å². The van der Waals surface area contributed by atoms with Gasteiger partial charge in [-0.05, 0) is 18.1 Å². The summed E-state index contributed by atoms with van der Waals surface area (Å²) in [5, 5.41) is 19.5. The maximum absolute atomic E-state index is 9.89. The molecule has 8 nitrogen and oxygen atoms in total. The van der Waals surface area contributed by atoms with Crippen molar-refractivity contribution in [2.75, 3.05) is 56.5 Å². The first-order valence-electron chi connectivity index (χ1n) is 7.61. The van der Waals surface area contributed by atoms with E-state index in [-0.39, 0.29) is 11.5 Å². The Kier molecular flexibility index (Phi) is 5.28. The van der Waals surface area contributed by atoms with Crippen LogP contribution in [0.2, 0.25) is 0 Å². The molecule has 1 aromatic heterocycles. The van der Waals surface area contributed by atoms with Gasteiger partial charge in [-0.15, -0.1) is 0 Å². The lowest BCUT2D eigenvalue weighted by Crippen LogP contribution is -2.26. The van der Waals surface area contributed by atoms with E-state index >= 15 is 0 Å². The fourth-order valence-corrected chi connectivity index (χ4v) is 2.08. The van der Waals surface area contributed by atoms with Crippen LogP contribution in [0.25, 0.3) is 0 Å². The van der Waals surface area contributed by atoms with Gasteiger partial charge in [0.2, 0.25) is 17.8 Å². The number of aromatic nitrogens is 3. The van der Waals surface area contributed by atoms with E-state index in [0.29, 0.717) is 36.4 Å². The second-order valence-corrected chi connectivity index (χ2v) is 5.98. The molecule has 0 amide bonds. The number of benzene rings is 1. The van der Waals surface area contributed by atoms with Crippen molar-refractivity contribution in [2.45, 2.75) is 6.42 Å². The van der Waals surface area contributed by atoms with Crippen molar-refractivity contribution in [2.24, 2.45) is 0 Å². The fourth-order valence-electron chi connectivity index (χ4n) is 2.08. The smallest absolute Gasteiger partial charge is 0.231 e. The highest BCUT2D eigenvalue weighted by molar-refractivity contribution is 5.47. The van der Waals surface area contributed by atoms with Crippen molar-refractivity contribution in [1.82, 2.24) is 15.0 Å². The normalized spacial score (nSPS) is 10.5. The molecule has 0 spiro atoms. The van der Waals surface area contributed by atoms with E-state index in [1.54, 1.807) is 12.1 Å². The molecule has 1 heterocycles. The van der Waals surface area contributed by atoms with Crippen LogP contribution >= 0.6 is 0 Å². The molecule has 0 radical (unpaired) electrons. The number of hydrogen-bond donors (Lipinski definition) is 2. The predicted molar refractivity (Wildman–Crippen MR) is 95.2 cm³/mol. The summed E-state index contributed by atoms with van der Waals surface area (Å²) in [5.74, 6) is 1.52. The van der Waals surface area contributed by atoms with E-state index < -0.39 is 0 Å². The maximum atomic E-state index is 9.89. The Bertz CT molecular complexity index is 679. The zero-order valence-electron chi connectivity index (χ0n) is 14.7. The molecule has 0 aliphatic carbocycles. The molecule has 2 rings (SSSR count). The van der Waals surface area contributed by atoms with Crippen molar-refractivity contribution < 1.29 is 10.2 Å². The third-order valence-electron chi connectivity index (χ3n) is 3.56. The number of aromatic hydroxyl groups is 2. The minimum Gasteiger partial charge on any atom is -0.504 e. The second-order valence-electron chi connectivity index (χ2n) is 5.98. The predicted octanol–water partition coefficient (Wildman–Crippen LogP) is 1.09. The molecule has 0 bridgehead atoms. The van der Waals surface area contributed by atoms with Crippen LogP contribution in [-0.2, 0) is 6.42 Å². The molecule has 0 fully saturated rings. The Balaban J connectivity index is 2.19. The van der Waals surface area contributed by atoms with Crippen molar-refractivity contribution >= 4 is 17.8 Å². The Labute approximate surface area is 142 Å². The molecule has 0 aliphatic heterocycles. The molecule has 130 valence electrons. The Hall–Kier alpha value is -2.77. The second kappa shape index (κ2) is 7.20. The highest BCUT2D eigenvalue weighted by Crippen LogP contribution is 2.28. The quantitative estimate of drug-likeness (QED) is 0.760. The molecule has 0 unspecified atom stereocenters. The van der Waals surface area contributed by atoms with Gasteiger partial charge < -0.3 is 24.9 Å². The van der Waals surface area contributed by atoms with Crippen LogP contribution in [0.4, 0.5) is 17.8 Å². The summed E-state index contributed by atoms with van der Waals surface area (Å²) in [7, 11) is 9.40. The van der Waals surface area contributed by atoms with Crippen LogP contribution in [0.3, 0.4) is 0 Å². The monoisotopic (exact) mass is 332 g/mol. The van der Waals surface area contributed by atoms with Crippen molar-refractivity contribution in [3.63, 3.8) is 0 Å². The van der Waals surface area contributed by atoms with Gasteiger partial charge in [-0.3, -0.25) is 0 Å². The van der Waals surface area contributed by atoms with Crippen LogP contribution in [-0.4, -0.2) is 66.9 Å². The van der Waals surface area contributed by atoms with Gasteiger partial charge in [-0.25, -0.2) is 0 Å². The largest absolute Gasteiger partial charge is 0.504 e. The van der Waals surface area contributed by atoms with Crippen molar-refractivity contribution in [3.05, 3.63) is 23.8 Å². The molecule has 0 saturated carbocycles. The number of anilines is 3. The van der Waals surface area contributed by atoms with Crippen LogP contribution in [0, 0.1) is 0 Å². The molecule has 24 heavy (non-hydrogen) atoms. The average molecular weight is 332 g/mol. The fraction of sp³-hybridized carbons (Fsp3) is 0.438. The number of nitrogens with zero attached hydrogens (tertiary/aromatic N) is 6. The van der Waals surface area contributed by atoms with Crippen molar-refractivity contribution in [1.29, 1.82) is 0 Å². The lowest BCUT2D eigenvalue weighted by atomic mass is 10.1. The molecule has 8 heteroatoms. The minimum absolute atomic E-state index is 0.0792. The number of phenols is 2. The first-order valence-corrected chi connectivity index (χ1v) is 7.61. The highest BCUT2D eigenvalue weighted by atomic mass is 16.3. The number of phenolic OH excluding ortho intramolecular Hbond substituents is 2. The summed E-state index contributed by atoms with van der Waals surface area (Å²) in [6.07, 6.45) is 0.553. The van der Waals surface area contributed by atoms with E-state index in [9.17, 15) is 10.2 Å². The van der Waals surface area contributed by atoms with Crippen LogP contribution < -0.4 is 14.7 Å². The first-order chi connectivity index (χ1) is 11.3. The maximum Gasteiger partial charge on any atom is 0.231 e. The van der Waals surface area contributed by atoms with Gasteiger partial charge in [0.05, 0.1) is 0 Å². The number of rotatable bonds is 6. The van der Waals surface area contributed by atoms with Gasteiger partial charge in [-0.1, -0.05) is 12.1 Å². The summed E-state index contributed by atoms with van der Waals surface area (Å²) < 4.78 is 0. The standard InChI is InChI=1S/C16H24N6O2/c1-20(2)14-17-15(21(3)4)19-16(18-14)22(5)10-9-11-7-6-8-12(23)13(11)24/h6-8,23-24H,9-10H2,1-5H3. The van der Waals surface area contributed by atoms with Gasteiger partial charge in [0.15, 0.2) is 11.5 Å². The Morgan fingerprint density at radius 1 is 0.833 bits per heavy atom. The average Bonchev–Trinajstić information content (AvgIpc) is 2.55. The number of likely N-dealkylation sites (N-methyl/N-ethyl adjacent to an activating group) is 1. The Morgan fingerprint density at radius 2 is 1.38 bits per heavy atom. The lowest BCUT2D eigenvalue weighted by molar-refractivity contribution is 0.399. The van der Waals surface area contributed by atoms with E-state index in [2.05, 4.69) is 15.0 Å². The van der Waals surface area contributed by atoms with Crippen molar-refractivity contribution in [3.8, 4) is 11.5 Å². The Morgan fingerprint density at radius 3 is 1.92 bits per heavy atom. The molecule has 1 aromatic carbocycles. The number of hydrogen-bond acceptors (Lipinski definition) is 8. The van der Waals surface area contributed by atoms with Gasteiger partial charge in [0, 0.05) is 41.8 Å². The molecule has 0 aliphatic rings. The first kappa shape index (κ1) is 17.6. The minimum atomic E-state index is -0.111. The van der Waals surface area contributed by atoms with Gasteiger partial charge in [-0.2, -0.15) is 15.0 Å². The van der Waals surface area contributed by atoms with Crippen LogP contribution in [0.5, 0.6) is 11.5 Å². The van der Waals surface area contributed by atoms with E-state index in [0.717, 1.165) is 0 Å². The molecular weight excluding hydrogens is 308 g/mol. The van der Waals surface area contributed by atoms with Crippen LogP contribution in [0.15, 0.2) is 18.2 Å². The molecule has 2 aromatic rings.